The van der Waals surface area contributed by atoms with Gasteiger partial charge in [-0.2, -0.15) is 5.10 Å². The van der Waals surface area contributed by atoms with Crippen LogP contribution in [0, 0.1) is 0 Å². The summed E-state index contributed by atoms with van der Waals surface area (Å²) in [5.74, 6) is 0.651. The van der Waals surface area contributed by atoms with Crippen LogP contribution in [0.4, 0.5) is 0 Å². The van der Waals surface area contributed by atoms with E-state index in [-0.39, 0.29) is 11.7 Å². The Kier molecular flexibility index (Phi) is 4.45. The highest BCUT2D eigenvalue weighted by Gasteiger charge is 2.22. The predicted molar refractivity (Wildman–Crippen MR) is 92.9 cm³/mol. The maximum absolute atomic E-state index is 12.2. The van der Waals surface area contributed by atoms with E-state index in [1.54, 1.807) is 18.4 Å². The lowest BCUT2D eigenvalue weighted by atomic mass is 10.1. The molecule has 6 nitrogen and oxygen atoms in total. The molecular formula is C19H19N3O3. The Balaban J connectivity index is 1.52. The van der Waals surface area contributed by atoms with Gasteiger partial charge < -0.3 is 9.15 Å². The number of benzene rings is 1. The molecule has 1 fully saturated rings. The molecule has 0 unspecified atom stereocenters. The lowest BCUT2D eigenvalue weighted by Gasteiger charge is -2.33. The van der Waals surface area contributed by atoms with Crippen LogP contribution >= 0.6 is 0 Å². The van der Waals surface area contributed by atoms with Crippen LogP contribution in [0.15, 0.2) is 70.1 Å². The normalized spacial score (nSPS) is 18.3. The molecule has 3 heterocycles. The second-order valence-electron chi connectivity index (χ2n) is 6.02. The Labute approximate surface area is 145 Å². The van der Waals surface area contributed by atoms with Crippen LogP contribution < -0.4 is 5.56 Å². The second kappa shape index (κ2) is 7.04. The molecule has 25 heavy (non-hydrogen) atoms. The number of rotatable bonds is 4. The number of hydrogen-bond donors (Lipinski definition) is 0. The van der Waals surface area contributed by atoms with Gasteiger partial charge in [0.15, 0.2) is 5.76 Å². The third-order valence-electron chi connectivity index (χ3n) is 4.30. The zero-order valence-corrected chi connectivity index (χ0v) is 13.7. The molecule has 0 aliphatic carbocycles. The van der Waals surface area contributed by atoms with Crippen LogP contribution in [0.25, 0.3) is 11.5 Å². The molecular weight excluding hydrogens is 318 g/mol. The summed E-state index contributed by atoms with van der Waals surface area (Å²) in [5, 5.41) is 4.43. The molecule has 0 saturated carbocycles. The first-order valence-corrected chi connectivity index (χ1v) is 8.30. The van der Waals surface area contributed by atoms with E-state index in [0.29, 0.717) is 24.7 Å². The van der Waals surface area contributed by atoms with E-state index in [2.05, 4.69) is 22.1 Å². The molecule has 0 N–H and O–H groups in total. The Morgan fingerprint density at radius 2 is 1.96 bits per heavy atom. The first kappa shape index (κ1) is 15.8. The van der Waals surface area contributed by atoms with E-state index in [9.17, 15) is 4.79 Å². The fraction of sp³-hybridized carbons (Fsp3) is 0.263. The van der Waals surface area contributed by atoms with Crippen molar-refractivity contribution in [3.63, 3.8) is 0 Å². The zero-order chi connectivity index (χ0) is 17.1. The van der Waals surface area contributed by atoms with Crippen LogP contribution in [0.5, 0.6) is 0 Å². The molecule has 128 valence electrons. The van der Waals surface area contributed by atoms with E-state index in [1.165, 1.54) is 10.7 Å². The van der Waals surface area contributed by atoms with Crippen molar-refractivity contribution in [1.29, 1.82) is 0 Å². The molecule has 1 aromatic carbocycles. The molecule has 0 spiro atoms. The summed E-state index contributed by atoms with van der Waals surface area (Å²) in [7, 11) is 0. The molecule has 3 aromatic rings. The molecule has 1 atom stereocenters. The summed E-state index contributed by atoms with van der Waals surface area (Å²) < 4.78 is 12.7. The Hall–Kier alpha value is -2.70. The van der Waals surface area contributed by atoms with Gasteiger partial charge >= 0.3 is 0 Å². The van der Waals surface area contributed by atoms with Crippen molar-refractivity contribution in [3.05, 3.63) is 76.8 Å². The highest BCUT2D eigenvalue weighted by Crippen LogP contribution is 2.22. The highest BCUT2D eigenvalue weighted by molar-refractivity contribution is 5.50. The fourth-order valence-corrected chi connectivity index (χ4v) is 3.00. The van der Waals surface area contributed by atoms with Gasteiger partial charge in [0.25, 0.3) is 5.56 Å². The number of ether oxygens (including phenoxy) is 1. The minimum absolute atomic E-state index is 0.0129. The van der Waals surface area contributed by atoms with Crippen molar-refractivity contribution < 1.29 is 9.15 Å². The maximum atomic E-state index is 12.2. The van der Waals surface area contributed by atoms with Crippen LogP contribution in [0.3, 0.4) is 0 Å². The van der Waals surface area contributed by atoms with E-state index in [1.807, 2.05) is 24.3 Å². The van der Waals surface area contributed by atoms with Crippen LogP contribution in [0.1, 0.15) is 11.7 Å². The molecule has 0 bridgehead atoms. The molecule has 1 aliphatic rings. The average Bonchev–Trinajstić information content (AvgIpc) is 3.19. The average molecular weight is 337 g/mol. The Bertz CT molecular complexity index is 874. The van der Waals surface area contributed by atoms with Crippen molar-refractivity contribution in [2.24, 2.45) is 0 Å². The van der Waals surface area contributed by atoms with E-state index in [0.717, 1.165) is 18.7 Å². The Morgan fingerprint density at radius 1 is 1.08 bits per heavy atom. The number of hydrogen-bond acceptors (Lipinski definition) is 5. The van der Waals surface area contributed by atoms with E-state index >= 15 is 0 Å². The molecule has 0 amide bonds. The number of morpholine rings is 1. The molecule has 1 saturated heterocycles. The SMILES string of the molecule is O=c1ccc(-c2ccco2)nn1CN1CCO[C@H](c2ccccc2)C1. The standard InChI is InChI=1S/C19H19N3O3/c23-19-9-8-16(17-7-4-11-24-17)20-22(19)14-21-10-12-25-18(13-21)15-5-2-1-3-6-15/h1-9,11,18H,10,12-14H2/t18-/m0/s1. The monoisotopic (exact) mass is 337 g/mol. The van der Waals surface area contributed by atoms with Gasteiger partial charge in [0.2, 0.25) is 0 Å². The van der Waals surface area contributed by atoms with Crippen molar-refractivity contribution in [1.82, 2.24) is 14.7 Å². The molecule has 6 heteroatoms. The van der Waals surface area contributed by atoms with Crippen molar-refractivity contribution in [2.45, 2.75) is 12.8 Å². The lowest BCUT2D eigenvalue weighted by molar-refractivity contribution is -0.0421. The third-order valence-corrected chi connectivity index (χ3v) is 4.30. The van der Waals surface area contributed by atoms with Gasteiger partial charge in [0, 0.05) is 19.2 Å². The van der Waals surface area contributed by atoms with Crippen LogP contribution in [0.2, 0.25) is 0 Å². The smallest absolute Gasteiger partial charge is 0.268 e. The summed E-state index contributed by atoms with van der Waals surface area (Å²) in [6, 6.07) is 17.0. The largest absolute Gasteiger partial charge is 0.463 e. The van der Waals surface area contributed by atoms with E-state index < -0.39 is 0 Å². The van der Waals surface area contributed by atoms with Gasteiger partial charge in [-0.05, 0) is 23.8 Å². The summed E-state index contributed by atoms with van der Waals surface area (Å²) in [4.78, 5) is 14.4. The van der Waals surface area contributed by atoms with Gasteiger partial charge in [-0.1, -0.05) is 30.3 Å². The van der Waals surface area contributed by atoms with Gasteiger partial charge in [0.1, 0.15) is 5.69 Å². The highest BCUT2D eigenvalue weighted by atomic mass is 16.5. The van der Waals surface area contributed by atoms with Crippen LogP contribution in [-0.2, 0) is 11.4 Å². The van der Waals surface area contributed by atoms with Gasteiger partial charge in [-0.3, -0.25) is 9.69 Å². The first-order valence-electron chi connectivity index (χ1n) is 8.30. The van der Waals surface area contributed by atoms with Crippen molar-refractivity contribution >= 4 is 0 Å². The van der Waals surface area contributed by atoms with Gasteiger partial charge in [0.05, 0.1) is 25.6 Å². The van der Waals surface area contributed by atoms with Gasteiger partial charge in [-0.25, -0.2) is 4.68 Å². The molecule has 2 aromatic heterocycles. The first-order chi connectivity index (χ1) is 12.3. The van der Waals surface area contributed by atoms with Crippen molar-refractivity contribution in [2.75, 3.05) is 19.7 Å². The predicted octanol–water partition coefficient (Wildman–Crippen LogP) is 2.53. The topological polar surface area (TPSA) is 60.5 Å². The van der Waals surface area contributed by atoms with Crippen molar-refractivity contribution in [3.8, 4) is 11.5 Å². The van der Waals surface area contributed by atoms with Crippen LogP contribution in [-0.4, -0.2) is 34.4 Å². The molecule has 0 radical (unpaired) electrons. The minimum Gasteiger partial charge on any atom is -0.463 e. The zero-order valence-electron chi connectivity index (χ0n) is 13.7. The number of aromatic nitrogens is 2. The number of furan rings is 1. The molecule has 1 aliphatic heterocycles. The maximum Gasteiger partial charge on any atom is 0.268 e. The quantitative estimate of drug-likeness (QED) is 0.732. The summed E-state index contributed by atoms with van der Waals surface area (Å²) in [6.45, 7) is 2.55. The Morgan fingerprint density at radius 3 is 2.76 bits per heavy atom. The minimum atomic E-state index is -0.127. The fourth-order valence-electron chi connectivity index (χ4n) is 3.00. The summed E-state index contributed by atoms with van der Waals surface area (Å²) >= 11 is 0. The second-order valence-corrected chi connectivity index (χ2v) is 6.02. The third kappa shape index (κ3) is 3.55. The summed E-state index contributed by atoms with van der Waals surface area (Å²) in [5.41, 5.74) is 1.67. The van der Waals surface area contributed by atoms with E-state index in [4.69, 9.17) is 9.15 Å². The summed E-state index contributed by atoms with van der Waals surface area (Å²) in [6.07, 6.45) is 1.61. The molecule has 4 rings (SSSR count). The number of nitrogens with zero attached hydrogens (tertiary/aromatic N) is 3. The lowest BCUT2D eigenvalue weighted by Crippen LogP contribution is -2.42. The van der Waals surface area contributed by atoms with Gasteiger partial charge in [-0.15, -0.1) is 0 Å².